The third-order valence-electron chi connectivity index (χ3n) is 4.62. The fraction of sp³-hybridized carbons (Fsp3) is 0.588. The van der Waals surface area contributed by atoms with Crippen molar-refractivity contribution < 1.29 is 4.79 Å². The predicted octanol–water partition coefficient (Wildman–Crippen LogP) is 3.28. The molecule has 1 saturated carbocycles. The van der Waals surface area contributed by atoms with Gasteiger partial charge in [0.1, 0.15) is 0 Å². The molecule has 1 atom stereocenters. The molecule has 0 bridgehead atoms. The molecule has 0 aliphatic heterocycles. The van der Waals surface area contributed by atoms with Gasteiger partial charge in [-0.3, -0.25) is 4.79 Å². The molecule has 1 fully saturated rings. The highest BCUT2D eigenvalue weighted by atomic mass is 16.1. The molecule has 2 aliphatic rings. The lowest BCUT2D eigenvalue weighted by Crippen LogP contribution is -2.40. The van der Waals surface area contributed by atoms with E-state index in [2.05, 4.69) is 17.4 Å². The molecule has 0 heterocycles. The van der Waals surface area contributed by atoms with Crippen molar-refractivity contribution in [1.82, 2.24) is 5.32 Å². The van der Waals surface area contributed by atoms with Crippen molar-refractivity contribution in [2.45, 2.75) is 64.0 Å². The maximum absolute atomic E-state index is 12.5. The van der Waals surface area contributed by atoms with Crippen LogP contribution in [0.4, 0.5) is 0 Å². The molecule has 0 amide bonds. The molecule has 2 heteroatoms. The van der Waals surface area contributed by atoms with E-state index in [9.17, 15) is 4.79 Å². The fourth-order valence-corrected chi connectivity index (χ4v) is 3.50. The molecule has 19 heavy (non-hydrogen) atoms. The molecule has 1 unspecified atom stereocenters. The molecule has 0 aromatic heterocycles. The van der Waals surface area contributed by atoms with Gasteiger partial charge < -0.3 is 5.32 Å². The van der Waals surface area contributed by atoms with Gasteiger partial charge >= 0.3 is 0 Å². The Balaban J connectivity index is 1.68. The SMILES string of the molecule is CC(NC1CCCC1)C(=O)c1ccc2c(c1)CCC2. The van der Waals surface area contributed by atoms with Crippen molar-refractivity contribution in [1.29, 1.82) is 0 Å². The third kappa shape index (κ3) is 2.74. The number of rotatable bonds is 4. The number of nitrogens with one attached hydrogen (secondary N) is 1. The first-order chi connectivity index (χ1) is 9.24. The summed E-state index contributed by atoms with van der Waals surface area (Å²) in [5.41, 5.74) is 3.71. The van der Waals surface area contributed by atoms with Gasteiger partial charge in [0.25, 0.3) is 0 Å². The van der Waals surface area contributed by atoms with Gasteiger partial charge in [0, 0.05) is 11.6 Å². The van der Waals surface area contributed by atoms with E-state index < -0.39 is 0 Å². The van der Waals surface area contributed by atoms with Crippen molar-refractivity contribution in [2.75, 3.05) is 0 Å². The Morgan fingerprint density at radius 1 is 1.16 bits per heavy atom. The third-order valence-corrected chi connectivity index (χ3v) is 4.62. The number of benzene rings is 1. The van der Waals surface area contributed by atoms with Crippen molar-refractivity contribution in [3.05, 3.63) is 34.9 Å². The van der Waals surface area contributed by atoms with Crippen molar-refractivity contribution in [3.8, 4) is 0 Å². The molecule has 2 aliphatic carbocycles. The Hall–Kier alpha value is -1.15. The number of fused-ring (bicyclic) bond motifs is 1. The quantitative estimate of drug-likeness (QED) is 0.839. The first-order valence-corrected chi connectivity index (χ1v) is 7.66. The van der Waals surface area contributed by atoms with E-state index in [1.165, 1.54) is 49.7 Å². The summed E-state index contributed by atoms with van der Waals surface area (Å²) in [6, 6.07) is 6.78. The molecule has 102 valence electrons. The van der Waals surface area contributed by atoms with Gasteiger partial charge in [-0.1, -0.05) is 25.0 Å². The van der Waals surface area contributed by atoms with E-state index >= 15 is 0 Å². The van der Waals surface area contributed by atoms with Gasteiger partial charge in [-0.15, -0.1) is 0 Å². The minimum atomic E-state index is -0.0532. The standard InChI is InChI=1S/C17H23NO/c1-12(18-16-7-2-3-8-16)17(19)15-10-9-13-5-4-6-14(13)11-15/h9-12,16,18H,2-8H2,1H3. The molecule has 0 radical (unpaired) electrons. The normalized spacial score (nSPS) is 20.5. The monoisotopic (exact) mass is 257 g/mol. The zero-order valence-electron chi connectivity index (χ0n) is 11.7. The van der Waals surface area contributed by atoms with Gasteiger partial charge in [-0.05, 0) is 56.2 Å². The summed E-state index contributed by atoms with van der Waals surface area (Å²) in [7, 11) is 0. The van der Waals surface area contributed by atoms with Gasteiger partial charge in [0.05, 0.1) is 6.04 Å². The van der Waals surface area contributed by atoms with Crippen molar-refractivity contribution in [2.24, 2.45) is 0 Å². The Labute approximate surface area is 115 Å². The number of hydrogen-bond acceptors (Lipinski definition) is 2. The number of carbonyl (C=O) groups is 1. The Kier molecular flexibility index (Phi) is 3.69. The highest BCUT2D eigenvalue weighted by Gasteiger charge is 2.22. The first-order valence-electron chi connectivity index (χ1n) is 7.66. The van der Waals surface area contributed by atoms with E-state index in [1.54, 1.807) is 0 Å². The fourth-order valence-electron chi connectivity index (χ4n) is 3.50. The Bertz CT molecular complexity index is 474. The zero-order valence-corrected chi connectivity index (χ0v) is 11.7. The molecular formula is C17H23NO. The largest absolute Gasteiger partial charge is 0.305 e. The zero-order chi connectivity index (χ0) is 13.2. The van der Waals surface area contributed by atoms with Crippen LogP contribution in [0.15, 0.2) is 18.2 Å². The number of carbonyl (C=O) groups excluding carboxylic acids is 1. The van der Waals surface area contributed by atoms with Gasteiger partial charge in [-0.2, -0.15) is 0 Å². The van der Waals surface area contributed by atoms with Crippen LogP contribution in [0.5, 0.6) is 0 Å². The summed E-state index contributed by atoms with van der Waals surface area (Å²) in [6.07, 6.45) is 8.61. The topological polar surface area (TPSA) is 29.1 Å². The average molecular weight is 257 g/mol. The second-order valence-electron chi connectivity index (χ2n) is 6.07. The van der Waals surface area contributed by atoms with Crippen LogP contribution in [0.25, 0.3) is 0 Å². The maximum Gasteiger partial charge on any atom is 0.179 e. The van der Waals surface area contributed by atoms with Gasteiger partial charge in [-0.25, -0.2) is 0 Å². The molecule has 2 nitrogen and oxygen atoms in total. The van der Waals surface area contributed by atoms with Crippen LogP contribution in [0.3, 0.4) is 0 Å². The van der Waals surface area contributed by atoms with Crippen LogP contribution in [0.2, 0.25) is 0 Å². The van der Waals surface area contributed by atoms with Crippen LogP contribution >= 0.6 is 0 Å². The molecule has 0 saturated heterocycles. The smallest absolute Gasteiger partial charge is 0.179 e. The Morgan fingerprint density at radius 3 is 2.68 bits per heavy atom. The maximum atomic E-state index is 12.5. The van der Waals surface area contributed by atoms with Crippen LogP contribution in [-0.4, -0.2) is 17.9 Å². The number of ketones is 1. The molecular weight excluding hydrogens is 234 g/mol. The number of Topliss-reactive ketones (excluding diaryl/α,β-unsaturated/α-hetero) is 1. The predicted molar refractivity (Wildman–Crippen MR) is 77.7 cm³/mol. The van der Waals surface area contributed by atoms with E-state index in [0.29, 0.717) is 6.04 Å². The minimum Gasteiger partial charge on any atom is -0.305 e. The molecule has 1 N–H and O–H groups in total. The summed E-state index contributed by atoms with van der Waals surface area (Å²) in [4.78, 5) is 12.5. The number of hydrogen-bond donors (Lipinski definition) is 1. The molecule has 3 rings (SSSR count). The van der Waals surface area contributed by atoms with Crippen LogP contribution in [0, 0.1) is 0 Å². The van der Waals surface area contributed by atoms with Gasteiger partial charge in [0.2, 0.25) is 0 Å². The van der Waals surface area contributed by atoms with E-state index in [1.807, 2.05) is 13.0 Å². The summed E-state index contributed by atoms with van der Waals surface area (Å²) >= 11 is 0. The summed E-state index contributed by atoms with van der Waals surface area (Å²) in [5.74, 6) is 0.251. The second kappa shape index (κ2) is 5.46. The first kappa shape index (κ1) is 12.9. The highest BCUT2D eigenvalue weighted by Crippen LogP contribution is 2.24. The van der Waals surface area contributed by atoms with Crippen LogP contribution in [0.1, 0.15) is 60.5 Å². The minimum absolute atomic E-state index is 0.0532. The molecule has 1 aromatic carbocycles. The van der Waals surface area contributed by atoms with E-state index in [0.717, 1.165) is 12.0 Å². The van der Waals surface area contributed by atoms with Crippen LogP contribution < -0.4 is 5.32 Å². The summed E-state index contributed by atoms with van der Waals surface area (Å²) in [6.45, 7) is 2.01. The average Bonchev–Trinajstić information content (AvgIpc) is 3.07. The summed E-state index contributed by atoms with van der Waals surface area (Å²) < 4.78 is 0. The lowest BCUT2D eigenvalue weighted by molar-refractivity contribution is 0.0944. The number of aryl methyl sites for hydroxylation is 2. The summed E-state index contributed by atoms with van der Waals surface area (Å²) in [5, 5.41) is 3.50. The van der Waals surface area contributed by atoms with Gasteiger partial charge in [0.15, 0.2) is 5.78 Å². The van der Waals surface area contributed by atoms with E-state index in [-0.39, 0.29) is 11.8 Å². The van der Waals surface area contributed by atoms with Crippen LogP contribution in [-0.2, 0) is 12.8 Å². The van der Waals surface area contributed by atoms with Crippen molar-refractivity contribution in [3.63, 3.8) is 0 Å². The van der Waals surface area contributed by atoms with Crippen molar-refractivity contribution >= 4 is 5.78 Å². The molecule has 1 aromatic rings. The second-order valence-corrected chi connectivity index (χ2v) is 6.07. The lowest BCUT2D eigenvalue weighted by Gasteiger charge is -2.18. The Morgan fingerprint density at radius 2 is 1.89 bits per heavy atom. The lowest BCUT2D eigenvalue weighted by atomic mass is 10.00. The van der Waals surface area contributed by atoms with E-state index in [4.69, 9.17) is 0 Å². The molecule has 0 spiro atoms. The highest BCUT2D eigenvalue weighted by molar-refractivity contribution is 6.00.